The molecule has 1 amide bonds. The predicted molar refractivity (Wildman–Crippen MR) is 65.2 cm³/mol. The Bertz CT molecular complexity index is 456. The number of carbonyl (C=O) groups excluding carboxylic acids is 1. The van der Waals surface area contributed by atoms with Crippen molar-refractivity contribution in [3.63, 3.8) is 0 Å². The van der Waals surface area contributed by atoms with Gasteiger partial charge in [0.15, 0.2) is 11.6 Å². The minimum atomic E-state index is -1.02. The van der Waals surface area contributed by atoms with Crippen LogP contribution in [0.2, 0.25) is 0 Å². The highest BCUT2D eigenvalue weighted by molar-refractivity contribution is 5.98. The van der Waals surface area contributed by atoms with Crippen LogP contribution >= 0.6 is 0 Å². The molecule has 0 saturated carbocycles. The van der Waals surface area contributed by atoms with Crippen LogP contribution in [0.15, 0.2) is 18.2 Å². The van der Waals surface area contributed by atoms with E-state index in [9.17, 15) is 13.6 Å². The maximum absolute atomic E-state index is 13.5. The monoisotopic (exact) mass is 254 g/mol. The molecule has 2 N–H and O–H groups in total. The van der Waals surface area contributed by atoms with Crippen LogP contribution in [0.3, 0.4) is 0 Å². The van der Waals surface area contributed by atoms with Gasteiger partial charge in [-0.25, -0.2) is 8.78 Å². The molecule has 0 aromatic heterocycles. The fraction of sp³-hybridized carbons (Fsp3) is 0.462. The first-order valence-corrected chi connectivity index (χ1v) is 6.09. The Morgan fingerprint density at radius 3 is 2.89 bits per heavy atom. The summed E-state index contributed by atoms with van der Waals surface area (Å²) in [5.74, 6) is -2.28. The van der Waals surface area contributed by atoms with Gasteiger partial charge in [-0.3, -0.25) is 4.79 Å². The molecule has 1 aromatic rings. The number of hydrogen-bond donors (Lipinski definition) is 2. The molecule has 1 aliphatic rings. The third-order valence-electron chi connectivity index (χ3n) is 3.48. The summed E-state index contributed by atoms with van der Waals surface area (Å²) in [6, 6.07) is 3.75. The first-order valence-electron chi connectivity index (χ1n) is 6.09. The predicted octanol–water partition coefficient (Wildman–Crippen LogP) is 2.44. The zero-order chi connectivity index (χ0) is 13.2. The van der Waals surface area contributed by atoms with Crippen LogP contribution in [0.5, 0.6) is 0 Å². The lowest BCUT2D eigenvalue weighted by molar-refractivity contribution is -0.122. The third-order valence-corrected chi connectivity index (χ3v) is 3.48. The zero-order valence-electron chi connectivity index (χ0n) is 10.2. The lowest BCUT2D eigenvalue weighted by Gasteiger charge is -2.26. The first kappa shape index (κ1) is 13.0. The van der Waals surface area contributed by atoms with E-state index in [0.29, 0.717) is 12.8 Å². The fourth-order valence-electron chi connectivity index (χ4n) is 2.30. The fourth-order valence-corrected chi connectivity index (χ4v) is 2.30. The molecule has 3 nitrogen and oxygen atoms in total. The molecule has 1 atom stereocenters. The van der Waals surface area contributed by atoms with E-state index >= 15 is 0 Å². The van der Waals surface area contributed by atoms with Crippen molar-refractivity contribution in [2.45, 2.75) is 31.7 Å². The quantitative estimate of drug-likeness (QED) is 0.869. The van der Waals surface area contributed by atoms with Crippen LogP contribution in [0.1, 0.15) is 26.2 Å². The number of nitrogens with one attached hydrogen (secondary N) is 2. The maximum atomic E-state index is 13.5. The summed E-state index contributed by atoms with van der Waals surface area (Å²) >= 11 is 0. The molecule has 98 valence electrons. The lowest BCUT2D eigenvalue weighted by atomic mass is 9.93. The summed E-state index contributed by atoms with van der Waals surface area (Å²) in [7, 11) is 0. The van der Waals surface area contributed by atoms with Crippen molar-refractivity contribution >= 4 is 11.6 Å². The Morgan fingerprint density at radius 2 is 2.28 bits per heavy atom. The van der Waals surface area contributed by atoms with Crippen molar-refractivity contribution in [1.82, 2.24) is 5.32 Å². The van der Waals surface area contributed by atoms with Crippen molar-refractivity contribution < 1.29 is 13.6 Å². The molecule has 0 radical (unpaired) electrons. The van der Waals surface area contributed by atoms with Crippen LogP contribution in [0.25, 0.3) is 0 Å². The topological polar surface area (TPSA) is 41.1 Å². The van der Waals surface area contributed by atoms with Crippen molar-refractivity contribution in [3.8, 4) is 0 Å². The van der Waals surface area contributed by atoms with E-state index in [0.717, 1.165) is 19.0 Å². The van der Waals surface area contributed by atoms with Gasteiger partial charge in [-0.05, 0) is 37.9 Å². The molecule has 0 spiro atoms. The van der Waals surface area contributed by atoms with E-state index in [4.69, 9.17) is 0 Å². The van der Waals surface area contributed by atoms with Gasteiger partial charge >= 0.3 is 0 Å². The van der Waals surface area contributed by atoms with Gasteiger partial charge in [-0.1, -0.05) is 13.0 Å². The van der Waals surface area contributed by atoms with Gasteiger partial charge in [0, 0.05) is 0 Å². The summed E-state index contributed by atoms with van der Waals surface area (Å²) in [4.78, 5) is 12.2. The molecular weight excluding hydrogens is 238 g/mol. The number of hydrogen-bond acceptors (Lipinski definition) is 2. The van der Waals surface area contributed by atoms with E-state index < -0.39 is 17.2 Å². The van der Waals surface area contributed by atoms with Gasteiger partial charge in [0.1, 0.15) is 0 Å². The average Bonchev–Trinajstić information content (AvgIpc) is 2.85. The number of benzene rings is 1. The Hall–Kier alpha value is -1.49. The maximum Gasteiger partial charge on any atom is 0.244 e. The number of carbonyl (C=O) groups is 1. The smallest absolute Gasteiger partial charge is 0.244 e. The Kier molecular flexibility index (Phi) is 3.61. The molecule has 1 unspecified atom stereocenters. The number of amides is 1. The zero-order valence-corrected chi connectivity index (χ0v) is 10.2. The van der Waals surface area contributed by atoms with Crippen molar-refractivity contribution in [1.29, 1.82) is 0 Å². The van der Waals surface area contributed by atoms with Gasteiger partial charge in [0.2, 0.25) is 5.91 Å². The number of rotatable bonds is 3. The second-order valence-electron chi connectivity index (χ2n) is 4.52. The Morgan fingerprint density at radius 1 is 1.50 bits per heavy atom. The first-order chi connectivity index (χ1) is 8.59. The summed E-state index contributed by atoms with van der Waals surface area (Å²) < 4.78 is 26.5. The third kappa shape index (κ3) is 2.22. The molecule has 1 fully saturated rings. The Balaban J connectivity index is 2.18. The van der Waals surface area contributed by atoms with Gasteiger partial charge < -0.3 is 10.6 Å². The molecule has 1 heterocycles. The van der Waals surface area contributed by atoms with Crippen LogP contribution in [-0.4, -0.2) is 18.0 Å². The summed E-state index contributed by atoms with van der Waals surface area (Å²) in [5.41, 5.74) is -0.764. The second kappa shape index (κ2) is 5.02. The number of anilines is 1. The molecule has 1 saturated heterocycles. The molecule has 1 aliphatic heterocycles. The lowest BCUT2D eigenvalue weighted by Crippen LogP contribution is -2.50. The van der Waals surface area contributed by atoms with Crippen molar-refractivity contribution in [3.05, 3.63) is 29.8 Å². The van der Waals surface area contributed by atoms with E-state index in [1.807, 2.05) is 6.92 Å². The molecule has 18 heavy (non-hydrogen) atoms. The molecule has 2 rings (SSSR count). The molecule has 0 bridgehead atoms. The summed E-state index contributed by atoms with van der Waals surface area (Å²) in [5, 5.41) is 5.61. The van der Waals surface area contributed by atoms with E-state index in [1.54, 1.807) is 0 Å². The highest BCUT2D eigenvalue weighted by Crippen LogP contribution is 2.26. The van der Waals surface area contributed by atoms with E-state index in [2.05, 4.69) is 10.6 Å². The number of halogens is 2. The minimum absolute atomic E-state index is 0.110. The van der Waals surface area contributed by atoms with Crippen LogP contribution in [0, 0.1) is 11.6 Å². The normalized spacial score (nSPS) is 23.1. The largest absolute Gasteiger partial charge is 0.322 e. The van der Waals surface area contributed by atoms with Gasteiger partial charge in [0.25, 0.3) is 0 Å². The van der Waals surface area contributed by atoms with Crippen molar-refractivity contribution in [2.24, 2.45) is 0 Å². The van der Waals surface area contributed by atoms with Crippen molar-refractivity contribution in [2.75, 3.05) is 11.9 Å². The van der Waals surface area contributed by atoms with E-state index in [-0.39, 0.29) is 11.6 Å². The van der Waals surface area contributed by atoms with Crippen LogP contribution < -0.4 is 10.6 Å². The minimum Gasteiger partial charge on any atom is -0.322 e. The second-order valence-corrected chi connectivity index (χ2v) is 4.52. The SMILES string of the molecule is CCC1(C(=O)Nc2cccc(F)c2F)CCCN1. The summed E-state index contributed by atoms with van der Waals surface area (Å²) in [6.45, 7) is 2.67. The van der Waals surface area contributed by atoms with E-state index in [1.165, 1.54) is 12.1 Å². The van der Waals surface area contributed by atoms with Crippen LogP contribution in [-0.2, 0) is 4.79 Å². The highest BCUT2D eigenvalue weighted by atomic mass is 19.2. The molecule has 0 aliphatic carbocycles. The standard InChI is InChI=1S/C13H16F2N2O/c1-2-13(7-4-8-16-13)12(18)17-10-6-3-5-9(14)11(10)15/h3,5-6,16H,2,4,7-8H2,1H3,(H,17,18). The molecule has 1 aromatic carbocycles. The van der Waals surface area contributed by atoms with Gasteiger partial charge in [0.05, 0.1) is 11.2 Å². The molecular formula is C13H16F2N2O. The summed E-state index contributed by atoms with van der Waals surface area (Å²) in [6.07, 6.45) is 2.24. The highest BCUT2D eigenvalue weighted by Gasteiger charge is 2.39. The van der Waals surface area contributed by atoms with Crippen LogP contribution in [0.4, 0.5) is 14.5 Å². The van der Waals surface area contributed by atoms with Gasteiger partial charge in [-0.15, -0.1) is 0 Å². The Labute approximate surface area is 105 Å². The average molecular weight is 254 g/mol. The molecule has 5 heteroatoms. The van der Waals surface area contributed by atoms with Gasteiger partial charge in [-0.2, -0.15) is 0 Å².